The number of aryl methyl sites for hydroxylation is 1. The van der Waals surface area contributed by atoms with Gasteiger partial charge < -0.3 is 10.3 Å². The number of aromatic amines is 2. The van der Waals surface area contributed by atoms with E-state index in [1.807, 2.05) is 19.3 Å². The molecular weight excluding hydrogens is 224 g/mol. The highest BCUT2D eigenvalue weighted by Crippen LogP contribution is 2.14. The number of nitrogens with one attached hydrogen (secondary N) is 3. The Morgan fingerprint density at radius 2 is 2.17 bits per heavy atom. The van der Waals surface area contributed by atoms with Crippen LogP contribution in [0.5, 0.6) is 0 Å². The van der Waals surface area contributed by atoms with Crippen LogP contribution in [0.25, 0.3) is 10.9 Å². The van der Waals surface area contributed by atoms with E-state index in [1.54, 1.807) is 0 Å². The predicted octanol–water partition coefficient (Wildman–Crippen LogP) is 2.49. The molecule has 0 unspecified atom stereocenters. The first-order valence-corrected chi connectivity index (χ1v) is 6.08. The van der Waals surface area contributed by atoms with Gasteiger partial charge in [0, 0.05) is 36.1 Å². The Balaban J connectivity index is 1.64. The van der Waals surface area contributed by atoms with Gasteiger partial charge in [0.1, 0.15) is 0 Å². The highest BCUT2D eigenvalue weighted by atomic mass is 15.1. The van der Waals surface area contributed by atoms with E-state index in [-0.39, 0.29) is 0 Å². The molecule has 0 fully saturated rings. The summed E-state index contributed by atoms with van der Waals surface area (Å²) in [5, 5.41) is 11.6. The van der Waals surface area contributed by atoms with Gasteiger partial charge in [-0.25, -0.2) is 0 Å². The molecule has 18 heavy (non-hydrogen) atoms. The van der Waals surface area contributed by atoms with E-state index in [1.165, 1.54) is 22.0 Å². The molecule has 2 aromatic heterocycles. The molecule has 3 N–H and O–H groups in total. The summed E-state index contributed by atoms with van der Waals surface area (Å²) >= 11 is 0. The van der Waals surface area contributed by atoms with Crippen LogP contribution in [0.15, 0.2) is 36.7 Å². The number of benzene rings is 1. The molecule has 0 saturated heterocycles. The summed E-state index contributed by atoms with van der Waals surface area (Å²) in [6.45, 7) is 3.74. The third-order valence-corrected chi connectivity index (χ3v) is 3.20. The number of fused-ring (bicyclic) bond motifs is 1. The third kappa shape index (κ3) is 2.15. The lowest BCUT2D eigenvalue weighted by atomic mass is 10.1. The van der Waals surface area contributed by atoms with Crippen molar-refractivity contribution in [3.05, 3.63) is 53.5 Å². The SMILES string of the molecule is Cc1[nH]ncc1CNCc1ccc2cc[nH]c2c1. The first-order valence-electron chi connectivity index (χ1n) is 6.08. The van der Waals surface area contributed by atoms with E-state index >= 15 is 0 Å². The average Bonchev–Trinajstić information content (AvgIpc) is 2.98. The van der Waals surface area contributed by atoms with Crippen LogP contribution in [0.2, 0.25) is 0 Å². The Kier molecular flexibility index (Phi) is 2.86. The van der Waals surface area contributed by atoms with E-state index in [0.717, 1.165) is 18.8 Å². The van der Waals surface area contributed by atoms with E-state index in [9.17, 15) is 0 Å². The Morgan fingerprint density at radius 3 is 3.00 bits per heavy atom. The number of hydrogen-bond acceptors (Lipinski definition) is 2. The van der Waals surface area contributed by atoms with Gasteiger partial charge in [-0.15, -0.1) is 0 Å². The van der Waals surface area contributed by atoms with Crippen molar-refractivity contribution in [2.45, 2.75) is 20.0 Å². The van der Waals surface area contributed by atoms with E-state index < -0.39 is 0 Å². The molecule has 0 atom stereocenters. The second kappa shape index (κ2) is 4.66. The van der Waals surface area contributed by atoms with Gasteiger partial charge >= 0.3 is 0 Å². The van der Waals surface area contributed by atoms with Crippen molar-refractivity contribution in [1.82, 2.24) is 20.5 Å². The third-order valence-electron chi connectivity index (χ3n) is 3.20. The summed E-state index contributed by atoms with van der Waals surface area (Å²) in [6.07, 6.45) is 3.84. The zero-order valence-electron chi connectivity index (χ0n) is 10.3. The van der Waals surface area contributed by atoms with E-state index in [2.05, 4.69) is 44.8 Å². The minimum atomic E-state index is 0.838. The van der Waals surface area contributed by atoms with Crippen molar-refractivity contribution in [1.29, 1.82) is 0 Å². The lowest BCUT2D eigenvalue weighted by Crippen LogP contribution is -2.12. The Labute approximate surface area is 105 Å². The van der Waals surface area contributed by atoms with Gasteiger partial charge in [0.2, 0.25) is 0 Å². The highest BCUT2D eigenvalue weighted by Gasteiger charge is 2.00. The molecule has 3 aromatic rings. The van der Waals surface area contributed by atoms with Crippen LogP contribution in [0.1, 0.15) is 16.8 Å². The zero-order valence-corrected chi connectivity index (χ0v) is 10.3. The van der Waals surface area contributed by atoms with Crippen LogP contribution < -0.4 is 5.32 Å². The molecule has 0 saturated carbocycles. The first-order chi connectivity index (χ1) is 8.83. The van der Waals surface area contributed by atoms with Crippen molar-refractivity contribution in [3.8, 4) is 0 Å². The molecule has 2 heterocycles. The van der Waals surface area contributed by atoms with E-state index in [0.29, 0.717) is 0 Å². The molecule has 3 rings (SSSR count). The minimum Gasteiger partial charge on any atom is -0.361 e. The van der Waals surface area contributed by atoms with Gasteiger partial charge in [-0.05, 0) is 30.0 Å². The molecule has 0 spiro atoms. The van der Waals surface area contributed by atoms with Gasteiger partial charge in [-0.1, -0.05) is 12.1 Å². The number of rotatable bonds is 4. The smallest absolute Gasteiger partial charge is 0.0535 e. The monoisotopic (exact) mass is 240 g/mol. The Bertz CT molecular complexity index is 650. The van der Waals surface area contributed by atoms with Crippen LogP contribution in [0.3, 0.4) is 0 Å². The maximum Gasteiger partial charge on any atom is 0.0535 e. The quantitative estimate of drug-likeness (QED) is 0.656. The van der Waals surface area contributed by atoms with Crippen molar-refractivity contribution in [2.24, 2.45) is 0 Å². The number of hydrogen-bond donors (Lipinski definition) is 3. The number of nitrogens with zero attached hydrogens (tertiary/aromatic N) is 1. The van der Waals surface area contributed by atoms with Crippen LogP contribution >= 0.6 is 0 Å². The summed E-state index contributed by atoms with van der Waals surface area (Å²) in [7, 11) is 0. The molecule has 0 bridgehead atoms. The Morgan fingerprint density at radius 1 is 1.22 bits per heavy atom. The van der Waals surface area contributed by atoms with Crippen molar-refractivity contribution >= 4 is 10.9 Å². The molecule has 0 radical (unpaired) electrons. The second-order valence-electron chi connectivity index (χ2n) is 4.52. The molecule has 4 nitrogen and oxygen atoms in total. The van der Waals surface area contributed by atoms with Crippen LogP contribution in [0, 0.1) is 6.92 Å². The summed E-state index contributed by atoms with van der Waals surface area (Å²) in [5.74, 6) is 0. The molecule has 0 amide bonds. The Hall–Kier alpha value is -2.07. The normalized spacial score (nSPS) is 11.2. The topological polar surface area (TPSA) is 56.5 Å². The average molecular weight is 240 g/mol. The summed E-state index contributed by atoms with van der Waals surface area (Å²) in [6, 6.07) is 8.57. The largest absolute Gasteiger partial charge is 0.361 e. The predicted molar refractivity (Wildman–Crippen MR) is 72.2 cm³/mol. The maximum atomic E-state index is 4.01. The van der Waals surface area contributed by atoms with Gasteiger partial charge in [0.25, 0.3) is 0 Å². The molecule has 92 valence electrons. The molecule has 0 aliphatic carbocycles. The molecule has 1 aromatic carbocycles. The zero-order chi connectivity index (χ0) is 12.4. The number of H-pyrrole nitrogens is 2. The summed E-state index contributed by atoms with van der Waals surface area (Å²) < 4.78 is 0. The van der Waals surface area contributed by atoms with Crippen molar-refractivity contribution in [3.63, 3.8) is 0 Å². The van der Waals surface area contributed by atoms with Gasteiger partial charge in [0.15, 0.2) is 0 Å². The standard InChI is InChI=1S/C14H16N4/c1-10-13(9-17-18-10)8-15-7-11-2-3-12-4-5-16-14(12)6-11/h2-6,9,15-16H,7-8H2,1H3,(H,17,18). The van der Waals surface area contributed by atoms with Crippen molar-refractivity contribution < 1.29 is 0 Å². The molecule has 4 heteroatoms. The van der Waals surface area contributed by atoms with Gasteiger partial charge in [-0.2, -0.15) is 5.10 Å². The van der Waals surface area contributed by atoms with Crippen LogP contribution in [-0.4, -0.2) is 15.2 Å². The maximum absolute atomic E-state index is 4.01. The van der Waals surface area contributed by atoms with Crippen LogP contribution in [-0.2, 0) is 13.1 Å². The van der Waals surface area contributed by atoms with Crippen LogP contribution in [0.4, 0.5) is 0 Å². The molecule has 0 aliphatic rings. The molecule has 0 aliphatic heterocycles. The summed E-state index contributed by atoms with van der Waals surface area (Å²) in [4.78, 5) is 3.23. The minimum absolute atomic E-state index is 0.838. The lowest BCUT2D eigenvalue weighted by molar-refractivity contribution is 0.691. The fourth-order valence-corrected chi connectivity index (χ4v) is 2.10. The second-order valence-corrected chi connectivity index (χ2v) is 4.52. The first kappa shape index (κ1) is 11.0. The fraction of sp³-hybridized carbons (Fsp3) is 0.214. The van der Waals surface area contributed by atoms with E-state index in [4.69, 9.17) is 0 Å². The lowest BCUT2D eigenvalue weighted by Gasteiger charge is -2.04. The molecular formula is C14H16N4. The van der Waals surface area contributed by atoms with Gasteiger partial charge in [0.05, 0.1) is 6.20 Å². The highest BCUT2D eigenvalue weighted by molar-refractivity contribution is 5.79. The fourth-order valence-electron chi connectivity index (χ4n) is 2.10. The van der Waals surface area contributed by atoms with Gasteiger partial charge in [-0.3, -0.25) is 5.10 Å². The number of aromatic nitrogens is 3. The van der Waals surface area contributed by atoms with Crippen molar-refractivity contribution in [2.75, 3.05) is 0 Å². The summed E-state index contributed by atoms with van der Waals surface area (Å²) in [5.41, 5.74) is 4.82.